The monoisotopic (exact) mass is 513 g/mol. The second kappa shape index (κ2) is 11.5. The molecule has 0 N–H and O–H groups in total. The van der Waals surface area contributed by atoms with Gasteiger partial charge in [-0.3, -0.25) is 4.79 Å². The first-order chi connectivity index (χ1) is 18.1. The molecule has 6 rings (SSSR count). The number of likely N-dealkylation sites (tertiary alicyclic amines) is 1. The molecule has 1 saturated heterocycles. The van der Waals surface area contributed by atoms with Crippen molar-refractivity contribution in [1.29, 1.82) is 0 Å². The van der Waals surface area contributed by atoms with Gasteiger partial charge < -0.3 is 13.8 Å². The number of aromatic nitrogens is 2. The molecule has 188 valence electrons. The lowest BCUT2D eigenvalue weighted by Gasteiger charge is -2.19. The summed E-state index contributed by atoms with van der Waals surface area (Å²) in [6.07, 6.45) is 3.55. The van der Waals surface area contributed by atoms with Gasteiger partial charge in [0.15, 0.2) is 0 Å². The second-order valence-corrected chi connectivity index (χ2v) is 9.51. The predicted octanol–water partition coefficient (Wildman–Crippen LogP) is 7.24. The van der Waals surface area contributed by atoms with Crippen LogP contribution in [-0.4, -0.2) is 39.4 Å². The first-order valence-corrected chi connectivity index (χ1v) is 12.9. The molecule has 1 aliphatic rings. The van der Waals surface area contributed by atoms with Crippen molar-refractivity contribution in [3.05, 3.63) is 96.3 Å². The highest BCUT2D eigenvalue weighted by Gasteiger charge is 2.20. The number of furan rings is 1. The van der Waals surface area contributed by atoms with Crippen molar-refractivity contribution in [3.63, 3.8) is 0 Å². The van der Waals surface area contributed by atoms with E-state index in [0.29, 0.717) is 23.3 Å². The summed E-state index contributed by atoms with van der Waals surface area (Å²) >= 11 is 5.16. The van der Waals surface area contributed by atoms with E-state index in [-0.39, 0.29) is 0 Å². The van der Waals surface area contributed by atoms with Crippen molar-refractivity contribution in [2.45, 2.75) is 32.2 Å². The molecule has 3 heterocycles. The van der Waals surface area contributed by atoms with Gasteiger partial charge in [0, 0.05) is 41.1 Å². The number of fused-ring (bicyclic) bond motifs is 1. The van der Waals surface area contributed by atoms with Gasteiger partial charge in [0.05, 0.1) is 0 Å². The maximum Gasteiger partial charge on any atom is 0.258 e. The Morgan fingerprint density at radius 2 is 1.76 bits per heavy atom. The van der Waals surface area contributed by atoms with Crippen LogP contribution in [0.15, 0.2) is 93.9 Å². The van der Waals surface area contributed by atoms with Gasteiger partial charge in [-0.2, -0.15) is 4.98 Å². The van der Waals surface area contributed by atoms with Crippen LogP contribution in [0.25, 0.3) is 33.8 Å². The lowest BCUT2D eigenvalue weighted by atomic mass is 10.1. The second-order valence-electron chi connectivity index (χ2n) is 9.17. The quantitative estimate of drug-likeness (QED) is 0.223. The highest BCUT2D eigenvalue weighted by Crippen LogP contribution is 2.28. The molecule has 5 aromatic rings. The third kappa shape index (κ3) is 6.16. The Hall–Kier alpha value is -3.74. The average molecular weight is 514 g/mol. The SMILES string of the molecule is C[C@@H]1CCCN1CCc1cc2cc(-c3noc(-c4ccccc4)n3)ccc2o1.O=C(Cl)c1ccccc1. The number of hydrogen-bond donors (Lipinski definition) is 0. The van der Waals surface area contributed by atoms with Crippen LogP contribution >= 0.6 is 11.6 Å². The van der Waals surface area contributed by atoms with Crippen LogP contribution in [0.4, 0.5) is 0 Å². The Morgan fingerprint density at radius 1 is 1.00 bits per heavy atom. The molecule has 1 atom stereocenters. The molecule has 3 aromatic carbocycles. The topological polar surface area (TPSA) is 72.4 Å². The van der Waals surface area contributed by atoms with Crippen molar-refractivity contribution >= 4 is 27.8 Å². The van der Waals surface area contributed by atoms with E-state index in [1.54, 1.807) is 24.3 Å². The van der Waals surface area contributed by atoms with Gasteiger partial charge in [-0.15, -0.1) is 0 Å². The first kappa shape index (κ1) is 24.9. The molecule has 0 spiro atoms. The maximum absolute atomic E-state index is 10.4. The predicted molar refractivity (Wildman–Crippen MR) is 146 cm³/mol. The molecule has 1 fully saturated rings. The van der Waals surface area contributed by atoms with E-state index in [0.717, 1.165) is 40.8 Å². The molecule has 6 nitrogen and oxygen atoms in total. The molecule has 0 bridgehead atoms. The average Bonchev–Trinajstić information content (AvgIpc) is 3.68. The fourth-order valence-corrected chi connectivity index (χ4v) is 4.67. The fraction of sp³-hybridized carbons (Fsp3) is 0.233. The lowest BCUT2D eigenvalue weighted by Crippen LogP contribution is -2.28. The minimum Gasteiger partial charge on any atom is -0.461 e. The molecular weight excluding hydrogens is 486 g/mol. The van der Waals surface area contributed by atoms with Crippen molar-refractivity contribution in [1.82, 2.24) is 15.0 Å². The highest BCUT2D eigenvalue weighted by atomic mass is 35.5. The fourth-order valence-electron chi connectivity index (χ4n) is 4.55. The zero-order valence-electron chi connectivity index (χ0n) is 20.6. The van der Waals surface area contributed by atoms with Crippen LogP contribution in [-0.2, 0) is 6.42 Å². The summed E-state index contributed by atoms with van der Waals surface area (Å²) < 4.78 is 11.5. The largest absolute Gasteiger partial charge is 0.461 e. The molecule has 0 saturated carbocycles. The standard InChI is InChI=1S/C23H23N3O2.C7H5ClO/c1-16-6-5-12-26(16)13-11-20-15-19-14-18(9-10-21(19)27-20)22-24-23(28-25-22)17-7-3-2-4-8-17;8-7(9)6-4-2-1-3-5-6/h2-4,7-10,14-16H,5-6,11-13H2,1H3;1-5H/t16-;/m1./s1. The van der Waals surface area contributed by atoms with Crippen molar-refractivity contribution in [2.24, 2.45) is 0 Å². The highest BCUT2D eigenvalue weighted by molar-refractivity contribution is 6.67. The first-order valence-electron chi connectivity index (χ1n) is 12.5. The summed E-state index contributed by atoms with van der Waals surface area (Å²) in [5.41, 5.74) is 3.29. The third-order valence-electron chi connectivity index (χ3n) is 6.61. The number of nitrogens with zero attached hydrogens (tertiary/aromatic N) is 3. The van der Waals surface area contributed by atoms with E-state index in [1.165, 1.54) is 19.4 Å². The summed E-state index contributed by atoms with van der Waals surface area (Å²) in [7, 11) is 0. The van der Waals surface area contributed by atoms with E-state index in [1.807, 2.05) is 48.5 Å². The van der Waals surface area contributed by atoms with Crippen LogP contribution in [0.2, 0.25) is 0 Å². The Morgan fingerprint density at radius 3 is 2.43 bits per heavy atom. The Bertz CT molecular complexity index is 1460. The number of carbonyl (C=O) groups excluding carboxylic acids is 1. The number of halogens is 1. The van der Waals surface area contributed by atoms with Gasteiger partial charge in [-0.25, -0.2) is 0 Å². The zero-order chi connectivity index (χ0) is 25.6. The van der Waals surface area contributed by atoms with Crippen LogP contribution < -0.4 is 0 Å². The molecule has 0 aliphatic carbocycles. The maximum atomic E-state index is 10.4. The minimum atomic E-state index is -0.407. The van der Waals surface area contributed by atoms with Crippen molar-refractivity contribution in [3.8, 4) is 22.8 Å². The van der Waals surface area contributed by atoms with Crippen molar-refractivity contribution in [2.75, 3.05) is 13.1 Å². The van der Waals surface area contributed by atoms with Gasteiger partial charge in [0.2, 0.25) is 5.82 Å². The number of carbonyl (C=O) groups is 1. The molecule has 0 unspecified atom stereocenters. The molecule has 37 heavy (non-hydrogen) atoms. The van der Waals surface area contributed by atoms with Crippen molar-refractivity contribution < 1.29 is 13.7 Å². The smallest absolute Gasteiger partial charge is 0.258 e. The van der Waals surface area contributed by atoms with Crippen LogP contribution in [0.5, 0.6) is 0 Å². The normalized spacial score (nSPS) is 15.5. The Balaban J connectivity index is 0.000000265. The van der Waals surface area contributed by atoms with Crippen LogP contribution in [0, 0.1) is 0 Å². The number of rotatable bonds is 6. The molecule has 0 amide bonds. The van der Waals surface area contributed by atoms with E-state index >= 15 is 0 Å². The molecular formula is C30H28ClN3O3. The molecule has 1 aliphatic heterocycles. The zero-order valence-corrected chi connectivity index (χ0v) is 21.4. The van der Waals surface area contributed by atoms with Gasteiger partial charge in [0.25, 0.3) is 11.1 Å². The van der Waals surface area contributed by atoms with E-state index < -0.39 is 5.24 Å². The Kier molecular flexibility index (Phi) is 7.78. The molecule has 2 aromatic heterocycles. The summed E-state index contributed by atoms with van der Waals surface area (Å²) in [5.74, 6) is 2.15. The number of hydrogen-bond acceptors (Lipinski definition) is 6. The molecule has 0 radical (unpaired) electrons. The van der Waals surface area contributed by atoms with Gasteiger partial charge in [0.1, 0.15) is 11.3 Å². The third-order valence-corrected chi connectivity index (χ3v) is 6.83. The van der Waals surface area contributed by atoms with Gasteiger partial charge >= 0.3 is 0 Å². The van der Waals surface area contributed by atoms with E-state index in [4.69, 9.17) is 20.5 Å². The van der Waals surface area contributed by atoms with Crippen LogP contribution in [0.3, 0.4) is 0 Å². The van der Waals surface area contributed by atoms with E-state index in [9.17, 15) is 4.79 Å². The molecule has 7 heteroatoms. The van der Waals surface area contributed by atoms with Gasteiger partial charge in [-0.1, -0.05) is 53.7 Å². The summed E-state index contributed by atoms with van der Waals surface area (Å²) in [6, 6.07) is 27.4. The summed E-state index contributed by atoms with van der Waals surface area (Å²) in [5, 5.41) is 4.82. The number of benzene rings is 3. The summed E-state index contributed by atoms with van der Waals surface area (Å²) in [4.78, 5) is 17.5. The Labute approximate surface area is 220 Å². The lowest BCUT2D eigenvalue weighted by molar-refractivity contribution is 0.108. The van der Waals surface area contributed by atoms with E-state index in [2.05, 4.69) is 34.1 Å². The van der Waals surface area contributed by atoms with Gasteiger partial charge in [-0.05, 0) is 74.3 Å². The van der Waals surface area contributed by atoms with Crippen LogP contribution in [0.1, 0.15) is 35.9 Å². The summed E-state index contributed by atoms with van der Waals surface area (Å²) in [6.45, 7) is 4.57. The minimum absolute atomic E-state index is 0.407.